The summed E-state index contributed by atoms with van der Waals surface area (Å²) in [5.74, 6) is -0.263. The van der Waals surface area contributed by atoms with Gasteiger partial charge in [-0.3, -0.25) is 4.68 Å². The molecule has 0 saturated carbocycles. The Bertz CT molecular complexity index is 719. The lowest BCUT2D eigenvalue weighted by atomic mass is 10.0. The van der Waals surface area contributed by atoms with E-state index in [2.05, 4.69) is 5.10 Å². The zero-order valence-corrected chi connectivity index (χ0v) is 14.2. The fourth-order valence-corrected chi connectivity index (χ4v) is 2.65. The fraction of sp³-hybridized carbons (Fsp3) is 0.444. The highest BCUT2D eigenvalue weighted by Crippen LogP contribution is 2.23. The number of likely N-dealkylation sites (tertiary alicyclic amines) is 1. The Kier molecular flexibility index (Phi) is 4.30. The van der Waals surface area contributed by atoms with Crippen LogP contribution in [0.5, 0.6) is 0 Å². The van der Waals surface area contributed by atoms with E-state index in [0.717, 1.165) is 17.7 Å². The van der Waals surface area contributed by atoms with Crippen LogP contribution in [-0.4, -0.2) is 39.0 Å². The van der Waals surface area contributed by atoms with Crippen molar-refractivity contribution in [2.24, 2.45) is 0 Å². The molecule has 1 aliphatic heterocycles. The molecule has 0 N–H and O–H groups in total. The molecule has 1 aromatic heterocycles. The van der Waals surface area contributed by atoms with Gasteiger partial charge in [-0.1, -0.05) is 0 Å². The normalized spacial score (nSPS) is 17.5. The maximum absolute atomic E-state index is 13.0. The number of benzene rings is 1. The number of halogens is 1. The van der Waals surface area contributed by atoms with Gasteiger partial charge in [0, 0.05) is 18.3 Å². The number of ether oxygens (including phenoxy) is 1. The molecule has 24 heavy (non-hydrogen) atoms. The molecule has 0 aliphatic carbocycles. The molecule has 0 bridgehead atoms. The first-order valence-corrected chi connectivity index (χ1v) is 8.11. The van der Waals surface area contributed by atoms with Gasteiger partial charge < -0.3 is 9.64 Å². The molecule has 2 heterocycles. The Morgan fingerprint density at radius 1 is 1.29 bits per heavy atom. The van der Waals surface area contributed by atoms with Gasteiger partial charge in [0.2, 0.25) is 0 Å². The van der Waals surface area contributed by atoms with Crippen LogP contribution in [0.3, 0.4) is 0 Å². The lowest BCUT2D eigenvalue weighted by Gasteiger charge is -2.41. The third-order valence-corrected chi connectivity index (χ3v) is 3.95. The summed E-state index contributed by atoms with van der Waals surface area (Å²) < 4.78 is 20.2. The van der Waals surface area contributed by atoms with Gasteiger partial charge in [0.1, 0.15) is 11.4 Å². The lowest BCUT2D eigenvalue weighted by Crippen LogP contribution is -2.54. The first kappa shape index (κ1) is 16.5. The van der Waals surface area contributed by atoms with E-state index in [0.29, 0.717) is 13.1 Å². The number of aromatic nitrogens is 2. The summed E-state index contributed by atoms with van der Waals surface area (Å²) in [7, 11) is 0. The van der Waals surface area contributed by atoms with Gasteiger partial charge >= 0.3 is 6.09 Å². The molecule has 5 nitrogen and oxygen atoms in total. The monoisotopic (exact) mass is 331 g/mol. The molecule has 2 aromatic rings. The molecule has 6 heteroatoms. The van der Waals surface area contributed by atoms with Crippen molar-refractivity contribution in [3.63, 3.8) is 0 Å². The van der Waals surface area contributed by atoms with Crippen molar-refractivity contribution < 1.29 is 13.9 Å². The fourth-order valence-electron chi connectivity index (χ4n) is 2.65. The maximum atomic E-state index is 13.0. The minimum absolute atomic E-state index is 0.0980. The molecule has 1 fully saturated rings. The predicted octanol–water partition coefficient (Wildman–Crippen LogP) is 3.70. The van der Waals surface area contributed by atoms with E-state index in [-0.39, 0.29) is 18.0 Å². The highest BCUT2D eigenvalue weighted by Gasteiger charge is 2.35. The quantitative estimate of drug-likeness (QED) is 0.861. The van der Waals surface area contributed by atoms with Gasteiger partial charge in [0.15, 0.2) is 0 Å². The Labute approximate surface area is 141 Å². The standard InChI is InChI=1S/C18H22FN3O2/c1-18(2,3)24-17(23)22-11-8-15(22)12-21-10-9-16(20-21)13-4-6-14(19)7-5-13/h4-7,9-10,15H,8,11-12H2,1-3H3/t15-/m0/s1. The Morgan fingerprint density at radius 2 is 2.00 bits per heavy atom. The second-order valence-electron chi connectivity index (χ2n) is 7.05. The van der Waals surface area contributed by atoms with Crippen LogP contribution in [0, 0.1) is 5.82 Å². The topological polar surface area (TPSA) is 47.4 Å². The first-order chi connectivity index (χ1) is 11.3. The highest BCUT2D eigenvalue weighted by atomic mass is 19.1. The van der Waals surface area contributed by atoms with Crippen LogP contribution in [0.1, 0.15) is 27.2 Å². The maximum Gasteiger partial charge on any atom is 0.410 e. The van der Waals surface area contributed by atoms with Gasteiger partial charge in [0.25, 0.3) is 0 Å². The van der Waals surface area contributed by atoms with Crippen LogP contribution in [0.4, 0.5) is 9.18 Å². The average Bonchev–Trinajstić information content (AvgIpc) is 2.91. The van der Waals surface area contributed by atoms with E-state index in [9.17, 15) is 9.18 Å². The van der Waals surface area contributed by atoms with Gasteiger partial charge in [-0.15, -0.1) is 0 Å². The largest absolute Gasteiger partial charge is 0.444 e. The van der Waals surface area contributed by atoms with Crippen LogP contribution in [0.25, 0.3) is 11.3 Å². The Morgan fingerprint density at radius 3 is 2.58 bits per heavy atom. The van der Waals surface area contributed by atoms with E-state index in [4.69, 9.17) is 4.74 Å². The molecule has 3 rings (SSSR count). The summed E-state index contributed by atoms with van der Waals surface area (Å²) in [5.41, 5.74) is 1.17. The summed E-state index contributed by atoms with van der Waals surface area (Å²) in [6.07, 6.45) is 2.54. The van der Waals surface area contributed by atoms with E-state index in [1.165, 1.54) is 12.1 Å². The van der Waals surface area contributed by atoms with Crippen LogP contribution in [-0.2, 0) is 11.3 Å². The number of carbonyl (C=O) groups is 1. The number of carbonyl (C=O) groups excluding carboxylic acids is 1. The summed E-state index contributed by atoms with van der Waals surface area (Å²) in [6, 6.07) is 8.25. The second-order valence-corrected chi connectivity index (χ2v) is 7.05. The van der Waals surface area contributed by atoms with Crippen molar-refractivity contribution in [3.8, 4) is 11.3 Å². The van der Waals surface area contributed by atoms with Crippen molar-refractivity contribution in [1.29, 1.82) is 0 Å². The molecule has 1 amide bonds. The molecule has 1 aliphatic rings. The summed E-state index contributed by atoms with van der Waals surface area (Å²) >= 11 is 0. The third-order valence-electron chi connectivity index (χ3n) is 3.95. The van der Waals surface area contributed by atoms with Crippen molar-refractivity contribution >= 4 is 6.09 Å². The van der Waals surface area contributed by atoms with E-state index in [1.807, 2.05) is 37.7 Å². The molecular formula is C18H22FN3O2. The van der Waals surface area contributed by atoms with Gasteiger partial charge in [-0.05, 0) is 57.5 Å². The van der Waals surface area contributed by atoms with Crippen molar-refractivity contribution in [2.45, 2.75) is 45.4 Å². The third kappa shape index (κ3) is 3.75. The van der Waals surface area contributed by atoms with Crippen LogP contribution >= 0.6 is 0 Å². The number of amides is 1. The van der Waals surface area contributed by atoms with E-state index >= 15 is 0 Å². The van der Waals surface area contributed by atoms with Crippen molar-refractivity contribution in [3.05, 3.63) is 42.3 Å². The Hall–Kier alpha value is -2.37. The minimum atomic E-state index is -0.487. The van der Waals surface area contributed by atoms with Gasteiger partial charge in [0.05, 0.1) is 18.3 Å². The molecule has 1 atom stereocenters. The molecule has 0 radical (unpaired) electrons. The van der Waals surface area contributed by atoms with Gasteiger partial charge in [-0.25, -0.2) is 9.18 Å². The number of nitrogens with zero attached hydrogens (tertiary/aromatic N) is 3. The molecule has 0 unspecified atom stereocenters. The van der Waals surface area contributed by atoms with Crippen LogP contribution in [0.15, 0.2) is 36.5 Å². The number of rotatable bonds is 3. The van der Waals surface area contributed by atoms with E-state index < -0.39 is 5.60 Å². The zero-order chi connectivity index (χ0) is 17.3. The number of hydrogen-bond acceptors (Lipinski definition) is 3. The molecule has 1 saturated heterocycles. The first-order valence-electron chi connectivity index (χ1n) is 8.11. The Balaban J connectivity index is 1.63. The highest BCUT2D eigenvalue weighted by molar-refractivity contribution is 5.69. The van der Waals surface area contributed by atoms with Crippen molar-refractivity contribution in [1.82, 2.24) is 14.7 Å². The molecular weight excluding hydrogens is 309 g/mol. The smallest absolute Gasteiger partial charge is 0.410 e. The molecule has 1 aromatic carbocycles. The SMILES string of the molecule is CC(C)(C)OC(=O)N1CC[C@H]1Cn1ccc(-c2ccc(F)cc2)n1. The van der Waals surface area contributed by atoms with Gasteiger partial charge in [-0.2, -0.15) is 5.10 Å². The zero-order valence-electron chi connectivity index (χ0n) is 14.2. The molecule has 128 valence electrons. The van der Waals surface area contributed by atoms with E-state index in [1.54, 1.807) is 17.0 Å². The van der Waals surface area contributed by atoms with Crippen LogP contribution < -0.4 is 0 Å². The predicted molar refractivity (Wildman–Crippen MR) is 89.0 cm³/mol. The molecule has 0 spiro atoms. The minimum Gasteiger partial charge on any atom is -0.444 e. The average molecular weight is 331 g/mol. The number of hydrogen-bond donors (Lipinski definition) is 0. The second kappa shape index (κ2) is 6.26. The van der Waals surface area contributed by atoms with Crippen LogP contribution in [0.2, 0.25) is 0 Å². The lowest BCUT2D eigenvalue weighted by molar-refractivity contribution is -0.00882. The summed E-state index contributed by atoms with van der Waals surface area (Å²) in [4.78, 5) is 13.9. The summed E-state index contributed by atoms with van der Waals surface area (Å²) in [5, 5.41) is 4.52. The summed E-state index contributed by atoms with van der Waals surface area (Å²) in [6.45, 7) is 6.93. The van der Waals surface area contributed by atoms with Crippen molar-refractivity contribution in [2.75, 3.05) is 6.54 Å².